The fourth-order valence-corrected chi connectivity index (χ4v) is 2.92. The van der Waals surface area contributed by atoms with Crippen LogP contribution in [0, 0.1) is 0 Å². The van der Waals surface area contributed by atoms with E-state index in [0.717, 1.165) is 30.7 Å². The number of hydrogen-bond donors (Lipinski definition) is 1. The SMILES string of the molecule is CCOC(C)CCc1c[nH]c2ccc(OCc3ccccc3)cc12. The number of H-pyrrole nitrogens is 1. The summed E-state index contributed by atoms with van der Waals surface area (Å²) in [5.74, 6) is 0.907. The van der Waals surface area contributed by atoms with Crippen LogP contribution in [0.4, 0.5) is 0 Å². The van der Waals surface area contributed by atoms with Crippen LogP contribution in [0.1, 0.15) is 31.4 Å². The largest absolute Gasteiger partial charge is 0.489 e. The highest BCUT2D eigenvalue weighted by Gasteiger charge is 2.08. The van der Waals surface area contributed by atoms with Gasteiger partial charge in [-0.3, -0.25) is 0 Å². The van der Waals surface area contributed by atoms with Crippen LogP contribution < -0.4 is 4.74 Å². The fourth-order valence-electron chi connectivity index (χ4n) is 2.92. The number of aromatic amines is 1. The number of fused-ring (bicyclic) bond motifs is 1. The molecule has 3 nitrogen and oxygen atoms in total. The van der Waals surface area contributed by atoms with E-state index < -0.39 is 0 Å². The lowest BCUT2D eigenvalue weighted by atomic mass is 10.1. The second-order valence-electron chi connectivity index (χ2n) is 6.10. The monoisotopic (exact) mass is 323 g/mol. The maximum atomic E-state index is 5.95. The number of aryl methyl sites for hydroxylation is 1. The Hall–Kier alpha value is -2.26. The molecule has 3 heteroatoms. The van der Waals surface area contributed by atoms with Crippen LogP contribution in [-0.2, 0) is 17.8 Å². The molecule has 2 aromatic carbocycles. The van der Waals surface area contributed by atoms with Crippen molar-refractivity contribution in [3.8, 4) is 5.75 Å². The molecule has 0 radical (unpaired) electrons. The average Bonchev–Trinajstić information content (AvgIpc) is 3.02. The second-order valence-corrected chi connectivity index (χ2v) is 6.10. The fraction of sp³-hybridized carbons (Fsp3) is 0.333. The van der Waals surface area contributed by atoms with E-state index in [1.54, 1.807) is 0 Å². The van der Waals surface area contributed by atoms with Crippen molar-refractivity contribution in [2.24, 2.45) is 0 Å². The third kappa shape index (κ3) is 4.18. The van der Waals surface area contributed by atoms with Gasteiger partial charge in [-0.15, -0.1) is 0 Å². The Morgan fingerprint density at radius 3 is 2.71 bits per heavy atom. The molecule has 24 heavy (non-hydrogen) atoms. The Bertz CT molecular complexity index is 764. The number of hydrogen-bond acceptors (Lipinski definition) is 2. The Kier molecular flexibility index (Phi) is 5.55. The molecule has 0 aliphatic rings. The Morgan fingerprint density at radius 1 is 1.08 bits per heavy atom. The van der Waals surface area contributed by atoms with Crippen LogP contribution in [0.5, 0.6) is 5.75 Å². The van der Waals surface area contributed by atoms with Crippen molar-refractivity contribution in [2.45, 2.75) is 39.4 Å². The normalized spacial score (nSPS) is 12.4. The van der Waals surface area contributed by atoms with Crippen LogP contribution in [0.25, 0.3) is 10.9 Å². The van der Waals surface area contributed by atoms with E-state index in [2.05, 4.69) is 42.4 Å². The van der Waals surface area contributed by atoms with Crippen LogP contribution in [0.15, 0.2) is 54.7 Å². The van der Waals surface area contributed by atoms with Crippen molar-refractivity contribution < 1.29 is 9.47 Å². The van der Waals surface area contributed by atoms with Gasteiger partial charge in [0.1, 0.15) is 12.4 Å². The van der Waals surface area contributed by atoms with E-state index in [1.807, 2.05) is 31.2 Å². The first-order valence-electron chi connectivity index (χ1n) is 8.64. The van der Waals surface area contributed by atoms with Crippen molar-refractivity contribution >= 4 is 10.9 Å². The molecule has 1 aromatic heterocycles. The highest BCUT2D eigenvalue weighted by atomic mass is 16.5. The van der Waals surface area contributed by atoms with E-state index in [9.17, 15) is 0 Å². The highest BCUT2D eigenvalue weighted by Crippen LogP contribution is 2.25. The maximum Gasteiger partial charge on any atom is 0.120 e. The van der Waals surface area contributed by atoms with Gasteiger partial charge in [-0.05, 0) is 56.0 Å². The maximum absolute atomic E-state index is 5.95. The lowest BCUT2D eigenvalue weighted by Gasteiger charge is -2.11. The Labute approximate surface area is 143 Å². The molecule has 1 heterocycles. The molecule has 0 fully saturated rings. The first kappa shape index (κ1) is 16.6. The van der Waals surface area contributed by atoms with Gasteiger partial charge < -0.3 is 14.5 Å². The minimum absolute atomic E-state index is 0.289. The number of aromatic nitrogens is 1. The summed E-state index contributed by atoms with van der Waals surface area (Å²) in [6.45, 7) is 5.53. The van der Waals surface area contributed by atoms with Gasteiger partial charge in [-0.2, -0.15) is 0 Å². The van der Waals surface area contributed by atoms with Gasteiger partial charge in [0.25, 0.3) is 0 Å². The summed E-state index contributed by atoms with van der Waals surface area (Å²) < 4.78 is 11.6. The van der Waals surface area contributed by atoms with Gasteiger partial charge in [0.15, 0.2) is 0 Å². The molecular formula is C21H25NO2. The zero-order valence-electron chi connectivity index (χ0n) is 14.4. The minimum atomic E-state index is 0.289. The van der Waals surface area contributed by atoms with E-state index in [0.29, 0.717) is 6.61 Å². The quantitative estimate of drug-likeness (QED) is 0.625. The molecule has 126 valence electrons. The molecule has 1 unspecified atom stereocenters. The zero-order chi connectivity index (χ0) is 16.8. The molecule has 0 aliphatic heterocycles. The average molecular weight is 323 g/mol. The summed E-state index contributed by atoms with van der Waals surface area (Å²) in [4.78, 5) is 3.35. The molecule has 0 bridgehead atoms. The van der Waals surface area contributed by atoms with Gasteiger partial charge in [-0.25, -0.2) is 0 Å². The molecule has 1 atom stereocenters. The van der Waals surface area contributed by atoms with Gasteiger partial charge in [0, 0.05) is 23.7 Å². The Morgan fingerprint density at radius 2 is 1.92 bits per heavy atom. The summed E-state index contributed by atoms with van der Waals surface area (Å²) in [7, 11) is 0. The summed E-state index contributed by atoms with van der Waals surface area (Å²) in [6.07, 6.45) is 4.42. The molecule has 0 aliphatic carbocycles. The molecule has 1 N–H and O–H groups in total. The molecule has 0 spiro atoms. The number of nitrogens with one attached hydrogen (secondary N) is 1. The van der Waals surface area contributed by atoms with E-state index in [1.165, 1.54) is 16.5 Å². The predicted molar refractivity (Wildman–Crippen MR) is 98.5 cm³/mol. The molecule has 0 saturated heterocycles. The highest BCUT2D eigenvalue weighted by molar-refractivity contribution is 5.84. The predicted octanol–water partition coefficient (Wildman–Crippen LogP) is 5.10. The second kappa shape index (κ2) is 8.02. The van der Waals surface area contributed by atoms with Crippen molar-refractivity contribution in [1.82, 2.24) is 4.98 Å². The van der Waals surface area contributed by atoms with Crippen molar-refractivity contribution in [3.05, 3.63) is 65.9 Å². The van der Waals surface area contributed by atoms with Crippen molar-refractivity contribution in [3.63, 3.8) is 0 Å². The van der Waals surface area contributed by atoms with E-state index in [-0.39, 0.29) is 6.10 Å². The van der Waals surface area contributed by atoms with Gasteiger partial charge >= 0.3 is 0 Å². The van der Waals surface area contributed by atoms with Crippen LogP contribution in [0.3, 0.4) is 0 Å². The van der Waals surface area contributed by atoms with E-state index in [4.69, 9.17) is 9.47 Å². The smallest absolute Gasteiger partial charge is 0.120 e. The van der Waals surface area contributed by atoms with Crippen molar-refractivity contribution in [2.75, 3.05) is 6.61 Å². The molecule has 0 saturated carbocycles. The van der Waals surface area contributed by atoms with Crippen LogP contribution in [-0.4, -0.2) is 17.7 Å². The first-order valence-corrected chi connectivity index (χ1v) is 8.64. The third-order valence-electron chi connectivity index (χ3n) is 4.26. The zero-order valence-corrected chi connectivity index (χ0v) is 14.4. The standard InChI is InChI=1S/C21H25NO2/c1-3-23-16(2)9-10-18-14-22-21-12-11-19(13-20(18)21)24-15-17-7-5-4-6-8-17/h4-8,11-14,16,22H,3,9-10,15H2,1-2H3. The van der Waals surface area contributed by atoms with E-state index >= 15 is 0 Å². The topological polar surface area (TPSA) is 34.2 Å². The summed E-state index contributed by atoms with van der Waals surface area (Å²) in [5, 5.41) is 1.24. The minimum Gasteiger partial charge on any atom is -0.489 e. The van der Waals surface area contributed by atoms with Crippen LogP contribution >= 0.6 is 0 Å². The van der Waals surface area contributed by atoms with Gasteiger partial charge in [0.2, 0.25) is 0 Å². The molecule has 3 aromatic rings. The van der Waals surface area contributed by atoms with Gasteiger partial charge in [-0.1, -0.05) is 30.3 Å². The number of rotatable bonds is 8. The molecular weight excluding hydrogens is 298 g/mol. The van der Waals surface area contributed by atoms with Gasteiger partial charge in [0.05, 0.1) is 6.10 Å². The third-order valence-corrected chi connectivity index (χ3v) is 4.26. The molecule has 3 rings (SSSR count). The summed E-state index contributed by atoms with van der Waals surface area (Å²) >= 11 is 0. The lowest BCUT2D eigenvalue weighted by Crippen LogP contribution is -2.08. The Balaban J connectivity index is 1.68. The van der Waals surface area contributed by atoms with Crippen molar-refractivity contribution in [1.29, 1.82) is 0 Å². The summed E-state index contributed by atoms with van der Waals surface area (Å²) in [5.41, 5.74) is 3.65. The first-order chi connectivity index (χ1) is 11.8. The lowest BCUT2D eigenvalue weighted by molar-refractivity contribution is 0.0706. The molecule has 0 amide bonds. The number of ether oxygens (including phenoxy) is 2. The van der Waals surface area contributed by atoms with Crippen LogP contribution in [0.2, 0.25) is 0 Å². The number of benzene rings is 2. The summed E-state index contributed by atoms with van der Waals surface area (Å²) in [6, 6.07) is 16.5.